The van der Waals surface area contributed by atoms with Gasteiger partial charge in [0.25, 0.3) is 12.3 Å². The third-order valence-corrected chi connectivity index (χ3v) is 3.52. The molecule has 0 aromatic heterocycles. The number of alkyl halides is 2. The Morgan fingerprint density at radius 1 is 1.33 bits per heavy atom. The highest BCUT2D eigenvalue weighted by molar-refractivity contribution is 5.97. The first-order valence-electron chi connectivity index (χ1n) is 6.75. The molecule has 1 N–H and O–H groups in total. The van der Waals surface area contributed by atoms with Gasteiger partial charge in [-0.3, -0.25) is 4.79 Å². The quantitative estimate of drug-likeness (QED) is 0.932. The fourth-order valence-corrected chi connectivity index (χ4v) is 2.27. The Hall–Kier alpha value is -1.82. The van der Waals surface area contributed by atoms with E-state index in [1.165, 1.54) is 6.92 Å². The predicted molar refractivity (Wildman–Crippen MR) is 75.4 cm³/mol. The predicted octanol–water partition coefficient (Wildman–Crippen LogP) is 2.99. The lowest BCUT2D eigenvalue weighted by Crippen LogP contribution is -2.51. The Kier molecular flexibility index (Phi) is 4.09. The van der Waals surface area contributed by atoms with E-state index in [1.807, 2.05) is 13.8 Å². The molecular formula is C15H18F2N2O2. The first-order valence-corrected chi connectivity index (χ1v) is 6.75. The van der Waals surface area contributed by atoms with Gasteiger partial charge in [-0.05, 0) is 30.5 Å². The summed E-state index contributed by atoms with van der Waals surface area (Å²) < 4.78 is 26.2. The molecule has 1 aromatic rings. The molecule has 0 aliphatic carbocycles. The normalized spacial score (nSPS) is 22.1. The summed E-state index contributed by atoms with van der Waals surface area (Å²) in [5.74, 6) is -0.427. The molecule has 0 radical (unpaired) electrons. The maximum atomic E-state index is 13.1. The molecule has 1 heterocycles. The van der Waals surface area contributed by atoms with Crippen LogP contribution in [0.5, 0.6) is 0 Å². The van der Waals surface area contributed by atoms with Gasteiger partial charge in [0, 0.05) is 17.7 Å². The van der Waals surface area contributed by atoms with Crippen molar-refractivity contribution in [3.05, 3.63) is 35.4 Å². The summed E-state index contributed by atoms with van der Waals surface area (Å²) in [5.41, 5.74) is -1.00. The third-order valence-electron chi connectivity index (χ3n) is 3.52. The van der Waals surface area contributed by atoms with E-state index in [4.69, 9.17) is 0 Å². The second kappa shape index (κ2) is 5.52. The van der Waals surface area contributed by atoms with Crippen molar-refractivity contribution >= 4 is 11.6 Å². The molecule has 6 heteroatoms. The molecule has 1 atom stereocenters. The summed E-state index contributed by atoms with van der Waals surface area (Å²) in [6.07, 6.45) is -3.43. The number of hydrogen-bond acceptors (Lipinski definition) is 3. The molecule has 0 saturated carbocycles. The Balaban J connectivity index is 2.30. The minimum Gasteiger partial charge on any atom is -0.364 e. The van der Waals surface area contributed by atoms with Crippen LogP contribution in [0.25, 0.3) is 0 Å². The first-order chi connectivity index (χ1) is 9.75. The summed E-state index contributed by atoms with van der Waals surface area (Å²) in [6.45, 7) is 5.53. The van der Waals surface area contributed by atoms with E-state index in [-0.39, 0.29) is 12.0 Å². The van der Waals surface area contributed by atoms with Crippen LogP contribution in [-0.4, -0.2) is 33.9 Å². The van der Waals surface area contributed by atoms with Crippen molar-refractivity contribution in [2.45, 2.75) is 45.3 Å². The zero-order valence-electron chi connectivity index (χ0n) is 12.2. The monoisotopic (exact) mass is 296 g/mol. The van der Waals surface area contributed by atoms with Crippen LogP contribution in [0.3, 0.4) is 0 Å². The molecule has 1 aliphatic rings. The smallest absolute Gasteiger partial charge is 0.287 e. The van der Waals surface area contributed by atoms with Gasteiger partial charge in [-0.1, -0.05) is 26.0 Å². The van der Waals surface area contributed by atoms with Crippen LogP contribution in [0.4, 0.5) is 8.78 Å². The molecule has 1 amide bonds. The summed E-state index contributed by atoms with van der Waals surface area (Å²) in [5, 5.41) is 14.3. The van der Waals surface area contributed by atoms with Crippen molar-refractivity contribution in [2.75, 3.05) is 0 Å². The highest BCUT2D eigenvalue weighted by Gasteiger charge is 2.51. The van der Waals surface area contributed by atoms with Crippen molar-refractivity contribution in [3.8, 4) is 0 Å². The van der Waals surface area contributed by atoms with E-state index >= 15 is 0 Å². The van der Waals surface area contributed by atoms with Gasteiger partial charge in [-0.25, -0.2) is 8.78 Å². The van der Waals surface area contributed by atoms with Gasteiger partial charge in [0.05, 0.1) is 0 Å². The van der Waals surface area contributed by atoms with Crippen molar-refractivity contribution in [1.82, 2.24) is 5.01 Å². The lowest BCUT2D eigenvalue weighted by Gasteiger charge is -2.30. The Bertz CT molecular complexity index is 570. The third kappa shape index (κ3) is 2.81. The van der Waals surface area contributed by atoms with Crippen LogP contribution in [-0.2, 0) is 0 Å². The minimum atomic E-state index is -3.09. The molecule has 0 saturated heterocycles. The van der Waals surface area contributed by atoms with Crippen molar-refractivity contribution in [2.24, 2.45) is 5.10 Å². The van der Waals surface area contributed by atoms with Crippen LogP contribution >= 0.6 is 0 Å². The van der Waals surface area contributed by atoms with Crippen LogP contribution in [0.15, 0.2) is 29.4 Å². The number of hydrogen-bond donors (Lipinski definition) is 1. The maximum Gasteiger partial charge on any atom is 0.287 e. The standard InChI is InChI=1S/C15H18F2N2O2/c1-9(2)11-4-6-12(7-5-11)13(20)19-15(21,14(16)17)8-10(3)18-19/h4-7,9,14,21H,8H2,1-3H3/t15-/m1/s1. The molecule has 21 heavy (non-hydrogen) atoms. The molecular weight excluding hydrogens is 278 g/mol. The van der Waals surface area contributed by atoms with Crippen molar-refractivity contribution < 1.29 is 18.7 Å². The molecule has 114 valence electrons. The lowest BCUT2D eigenvalue weighted by molar-refractivity contribution is -0.164. The van der Waals surface area contributed by atoms with E-state index in [0.717, 1.165) is 5.56 Å². The van der Waals surface area contributed by atoms with E-state index in [0.29, 0.717) is 16.6 Å². The number of rotatable bonds is 3. The number of carbonyl (C=O) groups excluding carboxylic acids is 1. The average molecular weight is 296 g/mol. The zero-order valence-corrected chi connectivity index (χ0v) is 12.2. The Morgan fingerprint density at radius 2 is 1.90 bits per heavy atom. The summed E-state index contributed by atoms with van der Waals surface area (Å²) >= 11 is 0. The molecule has 1 aliphatic heterocycles. The second-order valence-electron chi connectivity index (χ2n) is 5.58. The van der Waals surface area contributed by atoms with Gasteiger partial charge in [-0.2, -0.15) is 10.1 Å². The molecule has 0 fully saturated rings. The van der Waals surface area contributed by atoms with Gasteiger partial charge < -0.3 is 5.11 Å². The fourth-order valence-electron chi connectivity index (χ4n) is 2.27. The zero-order chi connectivity index (χ0) is 15.8. The summed E-state index contributed by atoms with van der Waals surface area (Å²) in [6, 6.07) is 6.66. The van der Waals surface area contributed by atoms with Gasteiger partial charge in [0.2, 0.25) is 5.72 Å². The minimum absolute atomic E-state index is 0.219. The van der Waals surface area contributed by atoms with Gasteiger partial charge in [0.1, 0.15) is 0 Å². The number of nitrogens with zero attached hydrogens (tertiary/aromatic N) is 2. The number of carbonyl (C=O) groups is 1. The van der Waals surface area contributed by atoms with Crippen LogP contribution in [0.2, 0.25) is 0 Å². The summed E-state index contributed by atoms with van der Waals surface area (Å²) in [7, 11) is 0. The summed E-state index contributed by atoms with van der Waals surface area (Å²) in [4.78, 5) is 12.3. The molecule has 0 unspecified atom stereocenters. The van der Waals surface area contributed by atoms with Gasteiger partial charge >= 0.3 is 0 Å². The number of halogens is 2. The SMILES string of the molecule is CC1=NN(C(=O)c2ccc(C(C)C)cc2)[C@](O)(C(F)F)C1. The molecule has 2 rings (SSSR count). The van der Waals surface area contributed by atoms with E-state index in [1.54, 1.807) is 24.3 Å². The number of amides is 1. The van der Waals surface area contributed by atoms with Crippen LogP contribution < -0.4 is 0 Å². The van der Waals surface area contributed by atoms with E-state index in [2.05, 4.69) is 5.10 Å². The Morgan fingerprint density at radius 3 is 2.38 bits per heavy atom. The number of aliphatic hydroxyl groups is 1. The number of hydrazone groups is 1. The van der Waals surface area contributed by atoms with Gasteiger partial charge in [-0.15, -0.1) is 0 Å². The largest absolute Gasteiger partial charge is 0.364 e. The fraction of sp³-hybridized carbons (Fsp3) is 0.467. The average Bonchev–Trinajstić information content (AvgIpc) is 2.74. The van der Waals surface area contributed by atoms with Crippen LogP contribution in [0, 0.1) is 0 Å². The van der Waals surface area contributed by atoms with E-state index in [9.17, 15) is 18.7 Å². The highest BCUT2D eigenvalue weighted by Crippen LogP contribution is 2.32. The molecule has 1 aromatic carbocycles. The number of benzene rings is 1. The topological polar surface area (TPSA) is 52.9 Å². The Labute approximate surface area is 122 Å². The van der Waals surface area contributed by atoms with E-state index < -0.39 is 18.1 Å². The first kappa shape index (κ1) is 15.6. The van der Waals surface area contributed by atoms with Crippen molar-refractivity contribution in [1.29, 1.82) is 0 Å². The van der Waals surface area contributed by atoms with Gasteiger partial charge in [0.15, 0.2) is 0 Å². The molecule has 0 bridgehead atoms. The molecule has 4 nitrogen and oxygen atoms in total. The highest BCUT2D eigenvalue weighted by atomic mass is 19.3. The molecule has 0 spiro atoms. The van der Waals surface area contributed by atoms with Crippen molar-refractivity contribution in [3.63, 3.8) is 0 Å². The van der Waals surface area contributed by atoms with Crippen LogP contribution in [0.1, 0.15) is 49.0 Å². The maximum absolute atomic E-state index is 13.1. The second-order valence-corrected chi connectivity index (χ2v) is 5.58. The lowest BCUT2D eigenvalue weighted by atomic mass is 10.0.